The van der Waals surface area contributed by atoms with Crippen LogP contribution in [0.4, 0.5) is 0 Å². The molecule has 0 saturated carbocycles. The number of rotatable bonds is 10. The summed E-state index contributed by atoms with van der Waals surface area (Å²) in [5.74, 6) is -1.44. The van der Waals surface area contributed by atoms with Gasteiger partial charge < -0.3 is 19.5 Å². The number of hydrogen-bond acceptors (Lipinski definition) is 3. The molecule has 0 aromatic carbocycles. The number of carbonyl (C=O) groups excluding carboxylic acids is 1. The first-order valence-electron chi connectivity index (χ1n) is 8.05. The summed E-state index contributed by atoms with van der Waals surface area (Å²) in [6.45, 7) is 12.2. The summed E-state index contributed by atoms with van der Waals surface area (Å²) in [5.41, 5.74) is 0. The Morgan fingerprint density at radius 3 is 1.40 bits per heavy atom. The van der Waals surface area contributed by atoms with Crippen molar-refractivity contribution in [2.24, 2.45) is 0 Å². The molecule has 0 amide bonds. The smallest absolute Gasteiger partial charge is 0.0905 e. The maximum atomic E-state index is 9.34. The molecule has 0 aliphatic rings. The lowest BCUT2D eigenvalue weighted by atomic mass is 10.2. The summed E-state index contributed by atoms with van der Waals surface area (Å²) in [5, 5.41) is 17.3. The maximum absolute atomic E-state index is 9.34. The number of hydrogen-bond donors (Lipinski definition) is 1. The molecule has 1 atom stereocenters. The third-order valence-electron chi connectivity index (χ3n) is 3.50. The van der Waals surface area contributed by atoms with E-state index < -0.39 is 12.1 Å². The van der Waals surface area contributed by atoms with Crippen molar-refractivity contribution in [1.82, 2.24) is 0 Å². The van der Waals surface area contributed by atoms with Crippen LogP contribution in [-0.2, 0) is 4.79 Å². The van der Waals surface area contributed by atoms with Crippen molar-refractivity contribution in [2.75, 3.05) is 26.7 Å². The molecule has 4 nitrogen and oxygen atoms in total. The van der Waals surface area contributed by atoms with Gasteiger partial charge in [0.05, 0.1) is 38.8 Å². The zero-order valence-electron chi connectivity index (χ0n) is 14.2. The predicted octanol–water partition coefficient (Wildman–Crippen LogP) is 1.95. The number of carbonyl (C=O) groups is 1. The molecule has 0 spiro atoms. The van der Waals surface area contributed by atoms with Gasteiger partial charge in [0.25, 0.3) is 0 Å². The Hall–Kier alpha value is -0.610. The van der Waals surface area contributed by atoms with Crippen molar-refractivity contribution in [3.05, 3.63) is 0 Å². The van der Waals surface area contributed by atoms with Crippen LogP contribution in [0.2, 0.25) is 0 Å². The molecule has 0 heterocycles. The lowest BCUT2D eigenvalue weighted by molar-refractivity contribution is -0.910. The molecule has 0 aromatic heterocycles. The van der Waals surface area contributed by atoms with Crippen LogP contribution in [0, 0.1) is 0 Å². The molecule has 20 heavy (non-hydrogen) atoms. The molecular formula is C16H35NO3. The van der Waals surface area contributed by atoms with E-state index in [-0.39, 0.29) is 0 Å². The molecule has 1 N–H and O–H groups in total. The van der Waals surface area contributed by atoms with Crippen molar-refractivity contribution in [3.8, 4) is 0 Å². The molecule has 0 radical (unpaired) electrons. The van der Waals surface area contributed by atoms with E-state index >= 15 is 0 Å². The predicted molar refractivity (Wildman–Crippen MR) is 82.2 cm³/mol. The highest BCUT2D eigenvalue weighted by Crippen LogP contribution is 2.10. The van der Waals surface area contributed by atoms with E-state index in [2.05, 4.69) is 27.8 Å². The second-order valence-electron chi connectivity index (χ2n) is 5.85. The second kappa shape index (κ2) is 13.4. The normalized spacial score (nSPS) is 12.5. The van der Waals surface area contributed by atoms with E-state index in [9.17, 15) is 9.90 Å². The first kappa shape index (κ1) is 21.7. The number of aliphatic carboxylic acids is 1. The molecule has 0 aliphatic carbocycles. The molecule has 4 heteroatoms. The summed E-state index contributed by atoms with van der Waals surface area (Å²) in [4.78, 5) is 9.34. The van der Waals surface area contributed by atoms with Gasteiger partial charge in [0.15, 0.2) is 0 Å². The third kappa shape index (κ3) is 13.8. The lowest BCUT2D eigenvalue weighted by Gasteiger charge is -2.34. The molecule has 122 valence electrons. The van der Waals surface area contributed by atoms with Crippen molar-refractivity contribution in [1.29, 1.82) is 0 Å². The minimum atomic E-state index is -1.44. The van der Waals surface area contributed by atoms with Gasteiger partial charge in [0.2, 0.25) is 0 Å². The van der Waals surface area contributed by atoms with Gasteiger partial charge in [-0.25, -0.2) is 0 Å². The summed E-state index contributed by atoms with van der Waals surface area (Å²) in [6, 6.07) is 0. The van der Waals surface area contributed by atoms with E-state index in [4.69, 9.17) is 5.11 Å². The third-order valence-corrected chi connectivity index (χ3v) is 3.50. The summed E-state index contributed by atoms with van der Waals surface area (Å²) in [6.07, 6.45) is 6.85. The molecule has 0 saturated heterocycles. The Kier molecular flexibility index (Phi) is 14.5. The Labute approximate surface area is 125 Å². The van der Waals surface area contributed by atoms with E-state index in [1.54, 1.807) is 0 Å². The van der Waals surface area contributed by atoms with Gasteiger partial charge in [-0.05, 0) is 26.2 Å². The van der Waals surface area contributed by atoms with Crippen LogP contribution in [0.5, 0.6) is 0 Å². The van der Waals surface area contributed by atoms with Crippen molar-refractivity contribution >= 4 is 5.97 Å². The maximum Gasteiger partial charge on any atom is 0.0905 e. The average Bonchev–Trinajstić information content (AvgIpc) is 2.41. The van der Waals surface area contributed by atoms with Crippen LogP contribution in [0.15, 0.2) is 0 Å². The van der Waals surface area contributed by atoms with Gasteiger partial charge in [0.1, 0.15) is 0 Å². The van der Waals surface area contributed by atoms with Crippen LogP contribution < -0.4 is 5.11 Å². The first-order chi connectivity index (χ1) is 9.32. The van der Waals surface area contributed by atoms with E-state index in [1.165, 1.54) is 62.6 Å². The zero-order valence-corrected chi connectivity index (χ0v) is 14.2. The lowest BCUT2D eigenvalue weighted by Crippen LogP contribution is -2.46. The van der Waals surface area contributed by atoms with E-state index in [1.807, 2.05) is 0 Å². The van der Waals surface area contributed by atoms with Crippen LogP contribution in [0.3, 0.4) is 0 Å². The highest BCUT2D eigenvalue weighted by atomic mass is 16.4. The fourth-order valence-electron chi connectivity index (χ4n) is 1.95. The van der Waals surface area contributed by atoms with Crippen LogP contribution in [-0.4, -0.2) is 48.3 Å². The fourth-order valence-corrected chi connectivity index (χ4v) is 1.95. The highest BCUT2D eigenvalue weighted by Gasteiger charge is 2.18. The van der Waals surface area contributed by atoms with Gasteiger partial charge in [-0.3, -0.25) is 0 Å². The van der Waals surface area contributed by atoms with Crippen LogP contribution in [0.1, 0.15) is 66.2 Å². The van der Waals surface area contributed by atoms with Gasteiger partial charge in [-0.15, -0.1) is 0 Å². The van der Waals surface area contributed by atoms with Crippen molar-refractivity contribution in [3.63, 3.8) is 0 Å². The number of carboxylic acid groups (broad SMARTS) is 1. The highest BCUT2D eigenvalue weighted by molar-refractivity contribution is 5.68. The Balaban J connectivity index is 0. The SMILES string of the molecule is CC(O)C(=O)[O-].CCCC[N+](C)(CCCC)CCCC. The number of aliphatic hydroxyl groups excluding tert-OH is 1. The van der Waals surface area contributed by atoms with E-state index in [0.717, 1.165) is 6.92 Å². The van der Waals surface area contributed by atoms with Crippen molar-refractivity contribution in [2.45, 2.75) is 72.3 Å². The van der Waals surface area contributed by atoms with Gasteiger partial charge in [-0.2, -0.15) is 0 Å². The molecule has 0 aliphatic heterocycles. The molecule has 0 bridgehead atoms. The number of nitrogens with zero attached hydrogens (tertiary/aromatic N) is 1. The first-order valence-corrected chi connectivity index (χ1v) is 8.05. The van der Waals surface area contributed by atoms with Gasteiger partial charge in [-0.1, -0.05) is 40.0 Å². The largest absolute Gasteiger partial charge is 0.547 e. The Morgan fingerprint density at radius 1 is 1.00 bits per heavy atom. The number of unbranched alkanes of at least 4 members (excludes halogenated alkanes) is 3. The Morgan fingerprint density at radius 2 is 1.25 bits per heavy atom. The topological polar surface area (TPSA) is 60.4 Å². The number of carboxylic acids is 1. The van der Waals surface area contributed by atoms with Gasteiger partial charge >= 0.3 is 0 Å². The molecule has 0 fully saturated rings. The molecule has 0 aromatic rings. The summed E-state index contributed by atoms with van der Waals surface area (Å²) in [7, 11) is 2.45. The standard InChI is InChI=1S/C13H30N.C3H6O3/c1-5-8-11-14(4,12-9-6-2)13-10-7-3;1-2(4)3(5)6/h5-13H2,1-4H3;2,4H,1H3,(H,5,6)/q+1;/p-1. The summed E-state index contributed by atoms with van der Waals surface area (Å²) < 4.78 is 1.32. The molecule has 1 unspecified atom stereocenters. The molecule has 0 rings (SSSR count). The fraction of sp³-hybridized carbons (Fsp3) is 0.938. The second-order valence-corrected chi connectivity index (χ2v) is 5.85. The monoisotopic (exact) mass is 289 g/mol. The van der Waals surface area contributed by atoms with Crippen LogP contribution >= 0.6 is 0 Å². The Bertz CT molecular complexity index is 208. The average molecular weight is 289 g/mol. The minimum absolute atomic E-state index is 1.13. The number of aliphatic hydroxyl groups is 1. The van der Waals surface area contributed by atoms with E-state index in [0.29, 0.717) is 0 Å². The minimum Gasteiger partial charge on any atom is -0.547 e. The zero-order chi connectivity index (χ0) is 16.0. The van der Waals surface area contributed by atoms with Crippen molar-refractivity contribution < 1.29 is 19.5 Å². The van der Waals surface area contributed by atoms with Crippen LogP contribution in [0.25, 0.3) is 0 Å². The number of quaternary nitrogens is 1. The quantitative estimate of drug-likeness (QED) is 0.625. The summed E-state index contributed by atoms with van der Waals surface area (Å²) >= 11 is 0. The van der Waals surface area contributed by atoms with Gasteiger partial charge in [0, 0.05) is 0 Å². The molecular weight excluding hydrogens is 254 g/mol.